The van der Waals surface area contributed by atoms with Crippen LogP contribution in [0.25, 0.3) is 0 Å². The van der Waals surface area contributed by atoms with E-state index in [9.17, 15) is 18.0 Å². The summed E-state index contributed by atoms with van der Waals surface area (Å²) in [6.07, 6.45) is -2.59. The lowest BCUT2D eigenvalue weighted by atomic mass is 10.1. The van der Waals surface area contributed by atoms with Crippen molar-refractivity contribution in [1.29, 1.82) is 0 Å². The summed E-state index contributed by atoms with van der Waals surface area (Å²) in [7, 11) is 0. The lowest BCUT2D eigenvalue weighted by molar-refractivity contribution is -0.138. The number of carbonyl (C=O) groups is 1. The van der Waals surface area contributed by atoms with Gasteiger partial charge in [0.1, 0.15) is 5.75 Å². The Kier molecular flexibility index (Phi) is 4.06. The number of ether oxygens (including phenoxy) is 1. The van der Waals surface area contributed by atoms with Gasteiger partial charge < -0.3 is 15.8 Å². The lowest BCUT2D eigenvalue weighted by Gasteiger charge is -2.14. The highest BCUT2D eigenvalue weighted by molar-refractivity contribution is 5.76. The van der Waals surface area contributed by atoms with Crippen molar-refractivity contribution in [3.8, 4) is 5.75 Å². The van der Waals surface area contributed by atoms with E-state index in [1.165, 1.54) is 6.07 Å². The second-order valence-corrected chi connectivity index (χ2v) is 4.69. The van der Waals surface area contributed by atoms with E-state index in [0.29, 0.717) is 0 Å². The van der Waals surface area contributed by atoms with Gasteiger partial charge in [-0.15, -0.1) is 0 Å². The van der Waals surface area contributed by atoms with Crippen LogP contribution in [0.1, 0.15) is 24.8 Å². The smallest absolute Gasteiger partial charge is 0.420 e. The van der Waals surface area contributed by atoms with Gasteiger partial charge in [-0.05, 0) is 31.0 Å². The Morgan fingerprint density at radius 3 is 2.70 bits per heavy atom. The van der Waals surface area contributed by atoms with E-state index in [1.54, 1.807) is 0 Å². The number of nitrogen functional groups attached to an aromatic ring is 1. The fourth-order valence-electron chi connectivity index (χ4n) is 1.68. The fourth-order valence-corrected chi connectivity index (χ4v) is 1.68. The SMILES string of the molecule is Nc1ccc(OCCC(=O)NC2CC2)c(C(F)(F)F)c1. The van der Waals surface area contributed by atoms with Crippen LogP contribution in [-0.4, -0.2) is 18.6 Å². The molecular weight excluding hydrogens is 273 g/mol. The molecule has 1 saturated carbocycles. The van der Waals surface area contributed by atoms with Gasteiger partial charge >= 0.3 is 6.18 Å². The minimum atomic E-state index is -4.54. The van der Waals surface area contributed by atoms with Crippen LogP contribution in [0.3, 0.4) is 0 Å². The Morgan fingerprint density at radius 2 is 2.10 bits per heavy atom. The average Bonchev–Trinajstić information content (AvgIpc) is 3.13. The van der Waals surface area contributed by atoms with Gasteiger partial charge in [0.25, 0.3) is 0 Å². The topological polar surface area (TPSA) is 64.3 Å². The molecule has 0 spiro atoms. The molecule has 0 heterocycles. The van der Waals surface area contributed by atoms with Crippen LogP contribution in [0.15, 0.2) is 18.2 Å². The molecular formula is C13H15F3N2O2. The van der Waals surface area contributed by atoms with Gasteiger partial charge in [-0.2, -0.15) is 13.2 Å². The zero-order valence-electron chi connectivity index (χ0n) is 10.7. The molecule has 1 aromatic rings. The Bertz CT molecular complexity index is 499. The highest BCUT2D eigenvalue weighted by Gasteiger charge is 2.34. The van der Waals surface area contributed by atoms with Gasteiger partial charge in [0.2, 0.25) is 5.91 Å². The van der Waals surface area contributed by atoms with Crippen molar-refractivity contribution >= 4 is 11.6 Å². The summed E-state index contributed by atoms with van der Waals surface area (Å²) in [5.41, 5.74) is 4.42. The Balaban J connectivity index is 1.93. The molecule has 2 rings (SSSR count). The average molecular weight is 288 g/mol. The summed E-state index contributed by atoms with van der Waals surface area (Å²) in [6, 6.07) is 3.54. The molecule has 110 valence electrons. The van der Waals surface area contributed by atoms with Crippen LogP contribution >= 0.6 is 0 Å². The van der Waals surface area contributed by atoms with Crippen molar-refractivity contribution in [1.82, 2.24) is 5.32 Å². The van der Waals surface area contributed by atoms with E-state index in [2.05, 4.69) is 5.32 Å². The predicted molar refractivity (Wildman–Crippen MR) is 67.1 cm³/mol. The standard InChI is InChI=1S/C13H15F3N2O2/c14-13(15,16)10-7-8(17)1-4-11(10)20-6-5-12(19)18-9-2-3-9/h1,4,7,9H,2-3,5-6,17H2,(H,18,19). The molecule has 1 aliphatic rings. The highest BCUT2D eigenvalue weighted by atomic mass is 19.4. The van der Waals surface area contributed by atoms with Crippen molar-refractivity contribution in [3.05, 3.63) is 23.8 Å². The molecule has 1 amide bonds. The number of alkyl halides is 3. The summed E-state index contributed by atoms with van der Waals surface area (Å²) < 4.78 is 43.4. The van der Waals surface area contributed by atoms with Crippen molar-refractivity contribution < 1.29 is 22.7 Å². The molecule has 0 radical (unpaired) electrons. The second kappa shape index (κ2) is 5.60. The molecule has 0 bridgehead atoms. The largest absolute Gasteiger partial charge is 0.492 e. The van der Waals surface area contributed by atoms with E-state index in [-0.39, 0.29) is 36.4 Å². The summed E-state index contributed by atoms with van der Waals surface area (Å²) >= 11 is 0. The van der Waals surface area contributed by atoms with Crippen molar-refractivity contribution in [2.24, 2.45) is 0 Å². The van der Waals surface area contributed by atoms with E-state index in [4.69, 9.17) is 10.5 Å². The first-order chi connectivity index (χ1) is 9.36. The van der Waals surface area contributed by atoms with Crippen LogP contribution < -0.4 is 15.8 Å². The van der Waals surface area contributed by atoms with Gasteiger partial charge in [0.15, 0.2) is 0 Å². The Labute approximate surface area is 114 Å². The van der Waals surface area contributed by atoms with E-state index in [0.717, 1.165) is 25.0 Å². The normalized spacial score (nSPS) is 14.9. The Hall–Kier alpha value is -1.92. The Morgan fingerprint density at radius 1 is 1.40 bits per heavy atom. The zero-order chi connectivity index (χ0) is 14.8. The van der Waals surface area contributed by atoms with Gasteiger partial charge in [-0.25, -0.2) is 0 Å². The van der Waals surface area contributed by atoms with Gasteiger partial charge in [-0.3, -0.25) is 4.79 Å². The summed E-state index contributed by atoms with van der Waals surface area (Å²) in [5.74, 6) is -0.526. The minimum absolute atomic E-state index is 0.0103. The molecule has 0 unspecified atom stereocenters. The van der Waals surface area contributed by atoms with Crippen molar-refractivity contribution in [3.63, 3.8) is 0 Å². The van der Waals surface area contributed by atoms with Crippen LogP contribution in [0.2, 0.25) is 0 Å². The van der Waals surface area contributed by atoms with Gasteiger partial charge in [0.05, 0.1) is 18.6 Å². The fraction of sp³-hybridized carbons (Fsp3) is 0.462. The third-order valence-corrected chi connectivity index (χ3v) is 2.84. The molecule has 7 heteroatoms. The molecule has 3 N–H and O–H groups in total. The quantitative estimate of drug-likeness (QED) is 0.817. The van der Waals surface area contributed by atoms with Crippen LogP contribution in [-0.2, 0) is 11.0 Å². The molecule has 0 aliphatic heterocycles. The zero-order valence-corrected chi connectivity index (χ0v) is 10.7. The number of rotatable bonds is 5. The summed E-state index contributed by atoms with van der Waals surface area (Å²) in [6.45, 7) is -0.106. The van der Waals surface area contributed by atoms with E-state index in [1.807, 2.05) is 0 Å². The predicted octanol–water partition coefficient (Wildman–Crippen LogP) is 2.34. The number of nitrogens with two attached hydrogens (primary N) is 1. The number of anilines is 1. The number of carbonyl (C=O) groups excluding carboxylic acids is 1. The number of amides is 1. The third kappa shape index (κ3) is 4.04. The maximum atomic E-state index is 12.8. The molecule has 0 saturated heterocycles. The molecule has 0 aromatic heterocycles. The van der Waals surface area contributed by atoms with Crippen LogP contribution in [0.5, 0.6) is 5.75 Å². The molecule has 1 aromatic carbocycles. The van der Waals surface area contributed by atoms with Crippen molar-refractivity contribution in [2.45, 2.75) is 31.5 Å². The van der Waals surface area contributed by atoms with Crippen molar-refractivity contribution in [2.75, 3.05) is 12.3 Å². The third-order valence-electron chi connectivity index (χ3n) is 2.84. The molecule has 20 heavy (non-hydrogen) atoms. The number of hydrogen-bond acceptors (Lipinski definition) is 3. The first-order valence-electron chi connectivity index (χ1n) is 6.25. The summed E-state index contributed by atoms with van der Waals surface area (Å²) in [5, 5.41) is 2.73. The van der Waals surface area contributed by atoms with Gasteiger partial charge in [-0.1, -0.05) is 0 Å². The van der Waals surface area contributed by atoms with E-state index < -0.39 is 11.7 Å². The first kappa shape index (κ1) is 14.5. The van der Waals surface area contributed by atoms with Crippen LogP contribution in [0.4, 0.5) is 18.9 Å². The summed E-state index contributed by atoms with van der Waals surface area (Å²) in [4.78, 5) is 11.4. The first-order valence-corrected chi connectivity index (χ1v) is 6.25. The number of hydrogen-bond donors (Lipinski definition) is 2. The number of benzene rings is 1. The minimum Gasteiger partial charge on any atom is -0.492 e. The molecule has 1 aliphatic carbocycles. The maximum Gasteiger partial charge on any atom is 0.420 e. The van der Waals surface area contributed by atoms with E-state index >= 15 is 0 Å². The monoisotopic (exact) mass is 288 g/mol. The number of halogens is 3. The van der Waals surface area contributed by atoms with Crippen LogP contribution in [0, 0.1) is 0 Å². The highest BCUT2D eigenvalue weighted by Crippen LogP contribution is 2.37. The second-order valence-electron chi connectivity index (χ2n) is 4.69. The van der Waals surface area contributed by atoms with Gasteiger partial charge in [0, 0.05) is 11.7 Å². The maximum absolute atomic E-state index is 12.8. The molecule has 1 fully saturated rings. The number of nitrogens with one attached hydrogen (secondary N) is 1. The molecule has 0 atom stereocenters. The molecule has 4 nitrogen and oxygen atoms in total. The lowest BCUT2D eigenvalue weighted by Crippen LogP contribution is -2.26.